The Labute approximate surface area is 133 Å². The van der Waals surface area contributed by atoms with Gasteiger partial charge in [-0.15, -0.1) is 11.6 Å². The van der Waals surface area contributed by atoms with Gasteiger partial charge in [-0.25, -0.2) is 0 Å². The van der Waals surface area contributed by atoms with E-state index < -0.39 is 0 Å². The van der Waals surface area contributed by atoms with E-state index in [2.05, 4.69) is 15.9 Å². The van der Waals surface area contributed by atoms with E-state index in [1.54, 1.807) is 7.11 Å². The lowest BCUT2D eigenvalue weighted by Crippen LogP contribution is -2.58. The van der Waals surface area contributed by atoms with Gasteiger partial charge in [0.15, 0.2) is 0 Å². The topological polar surface area (TPSA) is 18.5 Å². The van der Waals surface area contributed by atoms with Gasteiger partial charge in [-0.05, 0) is 47.0 Å². The summed E-state index contributed by atoms with van der Waals surface area (Å²) in [6.07, 6.45) is 7.54. The Morgan fingerprint density at radius 1 is 1.25 bits per heavy atom. The average Bonchev–Trinajstić information content (AvgIpc) is 2.49. The molecular weight excluding hydrogens is 340 g/mol. The van der Waals surface area contributed by atoms with Gasteiger partial charge in [0.05, 0.1) is 11.6 Å². The standard InChI is InChI=1S/C16H20BrClO2/c1-19-11-5-6-13(12(17)9-11)20-15-10-14(18)16(15)7-3-2-4-8-16/h5-6,9,14-15H,2-4,7-8,10H2,1H3. The summed E-state index contributed by atoms with van der Waals surface area (Å²) in [4.78, 5) is 0. The van der Waals surface area contributed by atoms with E-state index in [9.17, 15) is 0 Å². The first-order valence-corrected chi connectivity index (χ1v) is 8.53. The molecule has 0 radical (unpaired) electrons. The second-order valence-electron chi connectivity index (χ2n) is 5.90. The molecule has 2 atom stereocenters. The van der Waals surface area contributed by atoms with Crippen LogP contribution in [0.15, 0.2) is 22.7 Å². The monoisotopic (exact) mass is 358 g/mol. The first-order chi connectivity index (χ1) is 9.65. The summed E-state index contributed by atoms with van der Waals surface area (Å²) in [6.45, 7) is 0. The van der Waals surface area contributed by atoms with Gasteiger partial charge >= 0.3 is 0 Å². The first kappa shape index (κ1) is 14.5. The minimum absolute atomic E-state index is 0.208. The lowest BCUT2D eigenvalue weighted by Gasteiger charge is -2.55. The average molecular weight is 360 g/mol. The third-order valence-corrected chi connectivity index (χ3v) is 6.11. The van der Waals surface area contributed by atoms with Crippen LogP contribution in [-0.4, -0.2) is 18.6 Å². The number of rotatable bonds is 3. The van der Waals surface area contributed by atoms with Crippen molar-refractivity contribution >= 4 is 27.5 Å². The van der Waals surface area contributed by atoms with Crippen LogP contribution in [0.4, 0.5) is 0 Å². The molecule has 2 unspecified atom stereocenters. The number of hydrogen-bond donors (Lipinski definition) is 0. The van der Waals surface area contributed by atoms with Crippen LogP contribution in [0.5, 0.6) is 11.5 Å². The van der Waals surface area contributed by atoms with E-state index in [1.165, 1.54) is 32.1 Å². The number of ether oxygens (including phenoxy) is 2. The maximum atomic E-state index is 6.52. The van der Waals surface area contributed by atoms with Crippen molar-refractivity contribution in [1.29, 1.82) is 0 Å². The van der Waals surface area contributed by atoms with Gasteiger partial charge in [0.2, 0.25) is 0 Å². The third-order valence-electron chi connectivity index (χ3n) is 4.88. The van der Waals surface area contributed by atoms with Crippen molar-refractivity contribution < 1.29 is 9.47 Å². The second-order valence-corrected chi connectivity index (χ2v) is 7.28. The van der Waals surface area contributed by atoms with Crippen LogP contribution >= 0.6 is 27.5 Å². The summed E-state index contributed by atoms with van der Waals surface area (Å²) in [5.41, 5.74) is 0.208. The van der Waals surface area contributed by atoms with Crippen LogP contribution in [0.3, 0.4) is 0 Å². The molecule has 1 aromatic carbocycles. The van der Waals surface area contributed by atoms with Crippen LogP contribution in [0.25, 0.3) is 0 Å². The van der Waals surface area contributed by atoms with Gasteiger partial charge in [0, 0.05) is 17.2 Å². The smallest absolute Gasteiger partial charge is 0.134 e. The van der Waals surface area contributed by atoms with Gasteiger partial charge < -0.3 is 9.47 Å². The minimum atomic E-state index is 0.208. The van der Waals surface area contributed by atoms with E-state index in [0.29, 0.717) is 0 Å². The van der Waals surface area contributed by atoms with E-state index in [-0.39, 0.29) is 16.9 Å². The fraction of sp³-hybridized carbons (Fsp3) is 0.625. The van der Waals surface area contributed by atoms with Crippen molar-refractivity contribution in [2.24, 2.45) is 5.41 Å². The van der Waals surface area contributed by atoms with Crippen molar-refractivity contribution in [2.75, 3.05) is 7.11 Å². The van der Waals surface area contributed by atoms with Crippen molar-refractivity contribution in [3.8, 4) is 11.5 Å². The Hall–Kier alpha value is -0.410. The normalized spacial score (nSPS) is 27.9. The summed E-state index contributed by atoms with van der Waals surface area (Å²) in [5, 5.41) is 0.282. The Balaban J connectivity index is 1.74. The number of alkyl halides is 1. The highest BCUT2D eigenvalue weighted by Gasteiger charge is 2.55. The largest absolute Gasteiger partial charge is 0.497 e. The van der Waals surface area contributed by atoms with Crippen LogP contribution in [0.2, 0.25) is 0 Å². The number of hydrogen-bond acceptors (Lipinski definition) is 2. The molecule has 0 saturated heterocycles. The molecule has 2 fully saturated rings. The first-order valence-electron chi connectivity index (χ1n) is 7.30. The maximum absolute atomic E-state index is 6.52. The van der Waals surface area contributed by atoms with Crippen LogP contribution in [0.1, 0.15) is 38.5 Å². The molecule has 2 nitrogen and oxygen atoms in total. The number of methoxy groups -OCH3 is 1. The molecule has 0 aliphatic heterocycles. The van der Waals surface area contributed by atoms with Gasteiger partial charge in [0.1, 0.15) is 17.6 Å². The summed E-state index contributed by atoms with van der Waals surface area (Å²) in [5.74, 6) is 1.73. The zero-order valence-corrected chi connectivity index (χ0v) is 14.0. The number of halogens is 2. The Bertz CT molecular complexity index is 485. The molecule has 2 aliphatic rings. The lowest BCUT2D eigenvalue weighted by molar-refractivity contribution is -0.0653. The SMILES string of the molecule is COc1ccc(OC2CC(Cl)C23CCCCC3)c(Br)c1. The molecule has 0 aromatic heterocycles. The minimum Gasteiger partial charge on any atom is -0.497 e. The zero-order chi connectivity index (χ0) is 14.2. The molecule has 0 heterocycles. The zero-order valence-electron chi connectivity index (χ0n) is 11.7. The van der Waals surface area contributed by atoms with E-state index in [0.717, 1.165) is 22.4 Å². The summed E-state index contributed by atoms with van der Waals surface area (Å²) < 4.78 is 12.4. The van der Waals surface area contributed by atoms with Gasteiger partial charge in [-0.1, -0.05) is 19.3 Å². The summed E-state index contributed by atoms with van der Waals surface area (Å²) in [6, 6.07) is 5.85. The van der Waals surface area contributed by atoms with Crippen molar-refractivity contribution in [1.82, 2.24) is 0 Å². The molecule has 1 spiro atoms. The van der Waals surface area contributed by atoms with Gasteiger partial charge in [-0.3, -0.25) is 0 Å². The highest BCUT2D eigenvalue weighted by Crippen LogP contribution is 2.56. The molecule has 2 saturated carbocycles. The molecule has 3 rings (SSSR count). The summed E-state index contributed by atoms with van der Waals surface area (Å²) in [7, 11) is 1.67. The maximum Gasteiger partial charge on any atom is 0.134 e. The van der Waals surface area contributed by atoms with Crippen LogP contribution < -0.4 is 9.47 Å². The summed E-state index contributed by atoms with van der Waals surface area (Å²) >= 11 is 10.1. The molecular formula is C16H20BrClO2. The van der Waals surface area contributed by atoms with E-state index in [1.807, 2.05) is 18.2 Å². The Kier molecular flexibility index (Phi) is 4.19. The van der Waals surface area contributed by atoms with Gasteiger partial charge in [0.25, 0.3) is 0 Å². The molecule has 110 valence electrons. The van der Waals surface area contributed by atoms with E-state index >= 15 is 0 Å². The lowest BCUT2D eigenvalue weighted by atomic mass is 9.58. The molecule has 20 heavy (non-hydrogen) atoms. The molecule has 4 heteroatoms. The van der Waals surface area contributed by atoms with Crippen LogP contribution in [0, 0.1) is 5.41 Å². The Morgan fingerprint density at radius 3 is 2.60 bits per heavy atom. The van der Waals surface area contributed by atoms with Crippen LogP contribution in [-0.2, 0) is 0 Å². The van der Waals surface area contributed by atoms with E-state index in [4.69, 9.17) is 21.1 Å². The van der Waals surface area contributed by atoms with Crippen molar-refractivity contribution in [3.63, 3.8) is 0 Å². The number of benzene rings is 1. The Morgan fingerprint density at radius 2 is 2.00 bits per heavy atom. The predicted molar refractivity (Wildman–Crippen MR) is 84.9 cm³/mol. The second kappa shape index (κ2) is 5.76. The molecule has 0 N–H and O–H groups in total. The fourth-order valence-electron chi connectivity index (χ4n) is 3.57. The highest BCUT2D eigenvalue weighted by molar-refractivity contribution is 9.10. The fourth-order valence-corrected chi connectivity index (χ4v) is 4.54. The van der Waals surface area contributed by atoms with Gasteiger partial charge in [-0.2, -0.15) is 0 Å². The highest BCUT2D eigenvalue weighted by atomic mass is 79.9. The van der Waals surface area contributed by atoms with Crippen molar-refractivity contribution in [2.45, 2.75) is 50.0 Å². The third kappa shape index (κ3) is 2.43. The molecule has 0 bridgehead atoms. The molecule has 0 amide bonds. The van der Waals surface area contributed by atoms with Crippen molar-refractivity contribution in [3.05, 3.63) is 22.7 Å². The quantitative estimate of drug-likeness (QED) is 0.693. The predicted octanol–water partition coefficient (Wildman–Crippen LogP) is 5.17. The molecule has 1 aromatic rings. The molecule has 2 aliphatic carbocycles.